The van der Waals surface area contributed by atoms with Gasteiger partial charge in [-0.1, -0.05) is 12.1 Å². The van der Waals surface area contributed by atoms with E-state index in [-0.39, 0.29) is 6.04 Å². The lowest BCUT2D eigenvalue weighted by atomic mass is 10.1. The van der Waals surface area contributed by atoms with Gasteiger partial charge in [0.05, 0.1) is 24.8 Å². The third kappa shape index (κ3) is 2.11. The summed E-state index contributed by atoms with van der Waals surface area (Å²) < 4.78 is 5.68. The minimum atomic E-state index is 0.243. The van der Waals surface area contributed by atoms with Gasteiger partial charge < -0.3 is 9.64 Å². The van der Waals surface area contributed by atoms with Crippen LogP contribution in [0.5, 0.6) is 5.75 Å². The minimum absolute atomic E-state index is 0.243. The molecule has 3 heteroatoms. The average molecular weight is 216 g/mol. The zero-order valence-corrected chi connectivity index (χ0v) is 9.52. The summed E-state index contributed by atoms with van der Waals surface area (Å²) in [6, 6.07) is 10.5. The molecule has 1 unspecified atom stereocenters. The number of benzene rings is 1. The molecule has 0 amide bonds. The summed E-state index contributed by atoms with van der Waals surface area (Å²) in [4.78, 5) is 2.27. The molecule has 0 saturated heterocycles. The first-order valence-electron chi connectivity index (χ1n) is 5.68. The molecule has 1 aromatic carbocycles. The van der Waals surface area contributed by atoms with Gasteiger partial charge in [0.1, 0.15) is 5.75 Å². The fourth-order valence-corrected chi connectivity index (χ4v) is 2.05. The van der Waals surface area contributed by atoms with Gasteiger partial charge in [-0.2, -0.15) is 5.26 Å². The molecule has 0 saturated carbocycles. The van der Waals surface area contributed by atoms with E-state index in [2.05, 4.69) is 24.0 Å². The van der Waals surface area contributed by atoms with Crippen LogP contribution < -0.4 is 9.64 Å². The van der Waals surface area contributed by atoms with Crippen molar-refractivity contribution in [2.45, 2.75) is 25.8 Å². The zero-order valence-electron chi connectivity index (χ0n) is 9.52. The number of anilines is 1. The number of nitrogens with zero attached hydrogens (tertiary/aromatic N) is 2. The molecule has 0 fully saturated rings. The first-order valence-corrected chi connectivity index (χ1v) is 5.68. The summed E-state index contributed by atoms with van der Waals surface area (Å²) in [5, 5.41) is 8.78. The number of hydrogen-bond acceptors (Lipinski definition) is 3. The molecule has 0 spiro atoms. The molecule has 1 atom stereocenters. The third-order valence-electron chi connectivity index (χ3n) is 2.89. The lowest BCUT2D eigenvalue weighted by Gasteiger charge is -2.29. The second kappa shape index (κ2) is 4.89. The predicted octanol–water partition coefficient (Wildman–Crippen LogP) is 2.58. The topological polar surface area (TPSA) is 36.3 Å². The van der Waals surface area contributed by atoms with E-state index in [1.165, 1.54) is 0 Å². The Morgan fingerprint density at radius 3 is 3.12 bits per heavy atom. The van der Waals surface area contributed by atoms with Gasteiger partial charge >= 0.3 is 0 Å². The van der Waals surface area contributed by atoms with Crippen molar-refractivity contribution < 1.29 is 4.74 Å². The van der Waals surface area contributed by atoms with Crippen molar-refractivity contribution in [1.82, 2.24) is 0 Å². The van der Waals surface area contributed by atoms with Crippen molar-refractivity contribution in [2.24, 2.45) is 0 Å². The fourth-order valence-electron chi connectivity index (χ4n) is 2.05. The Kier molecular flexibility index (Phi) is 3.31. The molecule has 3 nitrogen and oxygen atoms in total. The van der Waals surface area contributed by atoms with Crippen molar-refractivity contribution >= 4 is 5.69 Å². The van der Waals surface area contributed by atoms with Crippen LogP contribution >= 0.6 is 0 Å². The molecule has 1 aliphatic rings. The molecule has 2 rings (SSSR count). The first kappa shape index (κ1) is 10.8. The van der Waals surface area contributed by atoms with Gasteiger partial charge in [0.2, 0.25) is 0 Å². The number of fused-ring (bicyclic) bond motifs is 1. The second-order valence-corrected chi connectivity index (χ2v) is 4.07. The van der Waals surface area contributed by atoms with Crippen molar-refractivity contribution in [3.8, 4) is 11.8 Å². The number of nitriles is 1. The highest BCUT2D eigenvalue weighted by molar-refractivity contribution is 5.59. The largest absolute Gasteiger partial charge is 0.491 e. The number of para-hydroxylation sites is 2. The van der Waals surface area contributed by atoms with E-state index in [1.807, 2.05) is 18.2 Å². The van der Waals surface area contributed by atoms with Gasteiger partial charge in [-0.3, -0.25) is 0 Å². The zero-order chi connectivity index (χ0) is 11.4. The molecule has 0 aliphatic carbocycles. The summed E-state index contributed by atoms with van der Waals surface area (Å²) in [5.41, 5.74) is 1.11. The fraction of sp³-hybridized carbons (Fsp3) is 0.462. The highest BCUT2D eigenvalue weighted by atomic mass is 16.5. The monoisotopic (exact) mass is 216 g/mol. The summed E-state index contributed by atoms with van der Waals surface area (Å²) in [6.07, 6.45) is 1.55. The van der Waals surface area contributed by atoms with Crippen LogP contribution in [0, 0.1) is 11.3 Å². The summed E-state index contributed by atoms with van der Waals surface area (Å²) >= 11 is 0. The molecule has 1 aliphatic heterocycles. The van der Waals surface area contributed by atoms with Crippen molar-refractivity contribution in [3.05, 3.63) is 24.3 Å². The van der Waals surface area contributed by atoms with Crippen LogP contribution in [0.25, 0.3) is 0 Å². The normalized spacial score (nSPS) is 16.6. The SMILES string of the molecule is CC(CC#N)N1CCCOc2ccccc21. The van der Waals surface area contributed by atoms with E-state index >= 15 is 0 Å². The first-order chi connectivity index (χ1) is 7.83. The van der Waals surface area contributed by atoms with Crippen molar-refractivity contribution in [1.29, 1.82) is 5.26 Å². The molecule has 1 heterocycles. The van der Waals surface area contributed by atoms with Crippen LogP contribution in [-0.2, 0) is 0 Å². The summed E-state index contributed by atoms with van der Waals surface area (Å²) in [5.74, 6) is 0.935. The van der Waals surface area contributed by atoms with Crippen LogP contribution in [0.15, 0.2) is 24.3 Å². The van der Waals surface area contributed by atoms with Crippen molar-refractivity contribution in [2.75, 3.05) is 18.1 Å². The van der Waals surface area contributed by atoms with Gasteiger partial charge in [0.15, 0.2) is 0 Å². The van der Waals surface area contributed by atoms with E-state index < -0.39 is 0 Å². The van der Waals surface area contributed by atoms with Gasteiger partial charge in [0.25, 0.3) is 0 Å². The van der Waals surface area contributed by atoms with Crippen LogP contribution in [0.4, 0.5) is 5.69 Å². The smallest absolute Gasteiger partial charge is 0.142 e. The minimum Gasteiger partial charge on any atom is -0.491 e. The van der Waals surface area contributed by atoms with Crippen LogP contribution in [0.2, 0.25) is 0 Å². The van der Waals surface area contributed by atoms with E-state index in [9.17, 15) is 0 Å². The van der Waals surface area contributed by atoms with Crippen LogP contribution in [0.3, 0.4) is 0 Å². The average Bonchev–Trinajstić information content (AvgIpc) is 2.51. The van der Waals surface area contributed by atoms with E-state index in [0.717, 1.165) is 31.0 Å². The molecule has 0 N–H and O–H groups in total. The second-order valence-electron chi connectivity index (χ2n) is 4.07. The maximum absolute atomic E-state index is 8.78. The highest BCUT2D eigenvalue weighted by Gasteiger charge is 2.20. The van der Waals surface area contributed by atoms with Gasteiger partial charge in [0, 0.05) is 12.6 Å². The summed E-state index contributed by atoms with van der Waals surface area (Å²) in [7, 11) is 0. The molecule has 0 aromatic heterocycles. The quantitative estimate of drug-likeness (QED) is 0.762. The Balaban J connectivity index is 2.29. The standard InChI is InChI=1S/C13H16N2O/c1-11(7-8-14)15-9-4-10-16-13-6-3-2-5-12(13)15/h2-3,5-6,11H,4,7,9-10H2,1H3. The summed E-state index contributed by atoms with van der Waals surface area (Å²) in [6.45, 7) is 3.80. The van der Waals surface area contributed by atoms with E-state index in [1.54, 1.807) is 0 Å². The van der Waals surface area contributed by atoms with E-state index in [4.69, 9.17) is 10.00 Å². The maximum Gasteiger partial charge on any atom is 0.142 e. The molecular weight excluding hydrogens is 200 g/mol. The third-order valence-corrected chi connectivity index (χ3v) is 2.89. The Morgan fingerprint density at radius 1 is 1.50 bits per heavy atom. The molecule has 84 valence electrons. The maximum atomic E-state index is 8.78. The van der Waals surface area contributed by atoms with Crippen LogP contribution in [-0.4, -0.2) is 19.2 Å². The molecule has 16 heavy (non-hydrogen) atoms. The Morgan fingerprint density at radius 2 is 2.31 bits per heavy atom. The Bertz CT molecular complexity index is 397. The molecule has 1 aromatic rings. The van der Waals surface area contributed by atoms with Crippen LogP contribution in [0.1, 0.15) is 19.8 Å². The number of hydrogen-bond donors (Lipinski definition) is 0. The van der Waals surface area contributed by atoms with Gasteiger partial charge in [-0.15, -0.1) is 0 Å². The Hall–Kier alpha value is -1.69. The number of ether oxygens (including phenoxy) is 1. The van der Waals surface area contributed by atoms with Crippen molar-refractivity contribution in [3.63, 3.8) is 0 Å². The predicted molar refractivity (Wildman–Crippen MR) is 63.6 cm³/mol. The lowest BCUT2D eigenvalue weighted by Crippen LogP contribution is -2.33. The highest BCUT2D eigenvalue weighted by Crippen LogP contribution is 2.32. The Labute approximate surface area is 96.2 Å². The molecular formula is C13H16N2O. The molecule has 0 radical (unpaired) electrons. The van der Waals surface area contributed by atoms with Gasteiger partial charge in [-0.25, -0.2) is 0 Å². The van der Waals surface area contributed by atoms with E-state index in [0.29, 0.717) is 6.42 Å². The number of rotatable bonds is 2. The molecule has 0 bridgehead atoms. The lowest BCUT2D eigenvalue weighted by molar-refractivity contribution is 0.322. The van der Waals surface area contributed by atoms with Gasteiger partial charge in [-0.05, 0) is 25.5 Å².